The summed E-state index contributed by atoms with van der Waals surface area (Å²) in [7, 11) is 0. The van der Waals surface area contributed by atoms with E-state index in [1.165, 1.54) is 12.1 Å². The monoisotopic (exact) mass is 556 g/mol. The average Bonchev–Trinajstić information content (AvgIpc) is 3.39. The summed E-state index contributed by atoms with van der Waals surface area (Å²) in [5, 5.41) is 12.8. The minimum Gasteiger partial charge on any atom is -0.319 e. The predicted octanol–water partition coefficient (Wildman–Crippen LogP) is 6.25. The largest absolute Gasteiger partial charge is 0.416 e. The van der Waals surface area contributed by atoms with Crippen molar-refractivity contribution in [1.82, 2.24) is 19.7 Å². The number of rotatable bonds is 2. The number of nitrogens with one attached hydrogen (secondary N) is 1. The number of fused-ring (bicyclic) bond motifs is 5. The first-order valence-corrected chi connectivity index (χ1v) is 13.0. The molecule has 6 rings (SSSR count). The first-order valence-electron chi connectivity index (χ1n) is 11.8. The van der Waals surface area contributed by atoms with Gasteiger partial charge in [-0.25, -0.2) is 4.79 Å². The zero-order valence-corrected chi connectivity index (χ0v) is 21.6. The van der Waals surface area contributed by atoms with Crippen LogP contribution in [0.4, 0.5) is 23.7 Å². The Labute approximate surface area is 224 Å². The van der Waals surface area contributed by atoms with Crippen molar-refractivity contribution in [3.05, 3.63) is 92.3 Å². The highest BCUT2D eigenvalue weighted by Crippen LogP contribution is 2.40. The fourth-order valence-electron chi connectivity index (χ4n) is 4.78. The Morgan fingerprint density at radius 1 is 1.11 bits per heavy atom. The average molecular weight is 557 g/mol. The Balaban J connectivity index is 1.33. The van der Waals surface area contributed by atoms with E-state index in [1.54, 1.807) is 16.2 Å². The molecule has 0 atom stereocenters. The first-order chi connectivity index (χ1) is 18.2. The van der Waals surface area contributed by atoms with Crippen LogP contribution in [-0.4, -0.2) is 38.0 Å². The molecule has 4 heterocycles. The molecule has 2 amide bonds. The maximum Gasteiger partial charge on any atom is 0.416 e. The second-order valence-electron chi connectivity index (χ2n) is 9.00. The van der Waals surface area contributed by atoms with Crippen molar-refractivity contribution in [1.29, 1.82) is 0 Å². The summed E-state index contributed by atoms with van der Waals surface area (Å²) in [4.78, 5) is 20.6. The van der Waals surface area contributed by atoms with Gasteiger partial charge in [0.1, 0.15) is 17.4 Å². The van der Waals surface area contributed by atoms with Gasteiger partial charge in [0.25, 0.3) is 0 Å². The summed E-state index contributed by atoms with van der Waals surface area (Å²) in [5.41, 5.74) is 3.22. The number of urea groups is 1. The fourth-order valence-corrected chi connectivity index (χ4v) is 6.44. The molecule has 2 aromatic carbocycles. The van der Waals surface area contributed by atoms with E-state index >= 15 is 0 Å². The van der Waals surface area contributed by atoms with Gasteiger partial charge in [0.05, 0.1) is 17.8 Å². The third-order valence-electron chi connectivity index (χ3n) is 6.63. The van der Waals surface area contributed by atoms with Gasteiger partial charge < -0.3 is 10.2 Å². The molecule has 4 aromatic rings. The minimum absolute atomic E-state index is 0.300. The molecule has 2 aromatic heterocycles. The molecule has 38 heavy (non-hydrogen) atoms. The molecule has 194 valence electrons. The van der Waals surface area contributed by atoms with Crippen LogP contribution in [0, 0.1) is 6.92 Å². The number of hydrogen-bond donors (Lipinski definition) is 1. The lowest BCUT2D eigenvalue weighted by molar-refractivity contribution is -0.137. The number of hydrogen-bond acceptors (Lipinski definition) is 5. The topological polar surface area (TPSA) is 75.4 Å². The lowest BCUT2D eigenvalue weighted by Crippen LogP contribution is -2.38. The maximum atomic E-state index is 13.0. The first kappa shape index (κ1) is 24.6. The van der Waals surface area contributed by atoms with E-state index in [9.17, 15) is 18.0 Å². The molecule has 0 aliphatic carbocycles. The molecule has 0 saturated heterocycles. The van der Waals surface area contributed by atoms with Crippen molar-refractivity contribution in [2.75, 3.05) is 11.9 Å². The number of anilines is 1. The van der Waals surface area contributed by atoms with Gasteiger partial charge in [-0.3, -0.25) is 9.56 Å². The highest BCUT2D eigenvalue weighted by molar-refractivity contribution is 7.15. The van der Waals surface area contributed by atoms with E-state index in [2.05, 4.69) is 15.5 Å². The maximum absolute atomic E-state index is 13.0. The SMILES string of the molecule is Cc1nnc2n1-c1sc3c(c1C(c1ccccc1Cl)=NC2)CCN(C(=O)Nc1ccc(C(F)(F)F)cc1)C3. The van der Waals surface area contributed by atoms with E-state index in [4.69, 9.17) is 16.6 Å². The Kier molecular flexibility index (Phi) is 5.99. The van der Waals surface area contributed by atoms with Crippen molar-refractivity contribution in [2.45, 2.75) is 32.6 Å². The molecule has 12 heteroatoms. The third-order valence-corrected chi connectivity index (χ3v) is 8.16. The highest BCUT2D eigenvalue weighted by Gasteiger charge is 2.33. The van der Waals surface area contributed by atoms with Crippen LogP contribution in [-0.2, 0) is 25.7 Å². The van der Waals surface area contributed by atoms with Crippen LogP contribution in [0.5, 0.6) is 0 Å². The quantitative estimate of drug-likeness (QED) is 0.317. The standard InChI is InChI=1S/C26H20ClF3N6OS/c1-14-33-34-21-12-31-23(17-4-2-3-5-19(17)27)22-18-10-11-35(13-20(18)38-24(22)36(14)21)25(37)32-16-8-6-15(7-9-16)26(28,29)30/h2-9H,10-13H2,1H3,(H,32,37). The highest BCUT2D eigenvalue weighted by atomic mass is 35.5. The Morgan fingerprint density at radius 3 is 2.61 bits per heavy atom. The summed E-state index contributed by atoms with van der Waals surface area (Å²) in [6.45, 7) is 3.04. The summed E-state index contributed by atoms with van der Waals surface area (Å²) in [6.07, 6.45) is -3.85. The van der Waals surface area contributed by atoms with Gasteiger partial charge in [-0.1, -0.05) is 29.8 Å². The van der Waals surface area contributed by atoms with Crippen LogP contribution in [0.2, 0.25) is 5.02 Å². The van der Waals surface area contributed by atoms with E-state index in [-0.39, 0.29) is 6.03 Å². The molecule has 2 aliphatic heterocycles. The number of nitrogens with zero attached hydrogens (tertiary/aromatic N) is 5. The van der Waals surface area contributed by atoms with Crippen molar-refractivity contribution < 1.29 is 18.0 Å². The summed E-state index contributed by atoms with van der Waals surface area (Å²) in [6, 6.07) is 11.6. The second kappa shape index (κ2) is 9.25. The van der Waals surface area contributed by atoms with Crippen molar-refractivity contribution in [3.63, 3.8) is 0 Å². The summed E-state index contributed by atoms with van der Waals surface area (Å²) < 4.78 is 40.6. The van der Waals surface area contributed by atoms with Crippen LogP contribution in [0.1, 0.15) is 38.8 Å². The molecule has 7 nitrogen and oxygen atoms in total. The number of alkyl halides is 3. The number of aromatic nitrogens is 3. The van der Waals surface area contributed by atoms with Gasteiger partial charge in [-0.05, 0) is 49.2 Å². The number of benzene rings is 2. The fraction of sp³-hybridized carbons (Fsp3) is 0.231. The van der Waals surface area contributed by atoms with Crippen molar-refractivity contribution in [3.8, 4) is 5.00 Å². The van der Waals surface area contributed by atoms with Crippen LogP contribution in [0.15, 0.2) is 53.5 Å². The lowest BCUT2D eigenvalue weighted by atomic mass is 9.95. The molecule has 0 unspecified atom stereocenters. The molecular formula is C26H20ClF3N6OS. The van der Waals surface area contributed by atoms with Gasteiger partial charge in [0.15, 0.2) is 5.82 Å². The molecule has 0 fully saturated rings. The molecule has 2 aliphatic rings. The summed E-state index contributed by atoms with van der Waals surface area (Å²) >= 11 is 8.15. The van der Waals surface area contributed by atoms with Crippen LogP contribution < -0.4 is 5.32 Å². The number of amides is 2. The zero-order chi connectivity index (χ0) is 26.6. The smallest absolute Gasteiger partial charge is 0.319 e. The van der Waals surface area contributed by atoms with Crippen molar-refractivity contribution >= 4 is 40.4 Å². The number of thiophene rings is 1. The Morgan fingerprint density at radius 2 is 1.87 bits per heavy atom. The van der Waals surface area contributed by atoms with Crippen molar-refractivity contribution in [2.24, 2.45) is 4.99 Å². The molecule has 0 spiro atoms. The number of carbonyl (C=O) groups excluding carboxylic acids is 1. The van der Waals surface area contributed by atoms with Gasteiger partial charge in [-0.15, -0.1) is 21.5 Å². The summed E-state index contributed by atoms with van der Waals surface area (Å²) in [5.74, 6) is 1.47. The number of halogens is 4. The number of aryl methyl sites for hydroxylation is 1. The Hall–Kier alpha value is -3.70. The van der Waals surface area contributed by atoms with Crippen LogP contribution in [0.3, 0.4) is 0 Å². The number of carbonyl (C=O) groups is 1. The van der Waals surface area contributed by atoms with Gasteiger partial charge in [0, 0.05) is 33.3 Å². The minimum atomic E-state index is -4.43. The van der Waals surface area contributed by atoms with E-state index in [0.717, 1.165) is 56.1 Å². The third kappa shape index (κ3) is 4.25. The molecule has 0 saturated carbocycles. The Bertz CT molecular complexity index is 1590. The van der Waals surface area contributed by atoms with E-state index < -0.39 is 11.7 Å². The second-order valence-corrected chi connectivity index (χ2v) is 10.5. The van der Waals surface area contributed by atoms with Crippen LogP contribution in [0.25, 0.3) is 5.00 Å². The zero-order valence-electron chi connectivity index (χ0n) is 20.0. The molecule has 0 bridgehead atoms. The van der Waals surface area contributed by atoms with Crippen LogP contribution >= 0.6 is 22.9 Å². The molecule has 0 radical (unpaired) electrons. The molecular weight excluding hydrogens is 537 g/mol. The normalized spacial score (nSPS) is 14.8. The molecule has 1 N–H and O–H groups in total. The number of aliphatic imine (C=N–C) groups is 1. The lowest BCUT2D eigenvalue weighted by Gasteiger charge is -2.27. The van der Waals surface area contributed by atoms with Gasteiger partial charge in [0.2, 0.25) is 0 Å². The van der Waals surface area contributed by atoms with E-state index in [1.807, 2.05) is 35.8 Å². The van der Waals surface area contributed by atoms with Gasteiger partial charge >= 0.3 is 12.2 Å². The predicted molar refractivity (Wildman–Crippen MR) is 139 cm³/mol. The van der Waals surface area contributed by atoms with Gasteiger partial charge in [-0.2, -0.15) is 13.2 Å². The van der Waals surface area contributed by atoms with E-state index in [0.29, 0.717) is 36.8 Å².